The summed E-state index contributed by atoms with van der Waals surface area (Å²) in [5, 5.41) is 0. The zero-order valence-electron chi connectivity index (χ0n) is 17.7. The standard InChI is InChI=1S/C24H27F4NO2/c1-3-10-30-23-11-16(24(26,27)28)5-9-22(23)31-20-12-17-7-8-18(13-20)29(17)19-6-4-15(2)21(25)14-19/h4-6,9,11,14,17-18,20H,3,7-8,10,12-13H2,1-2H3/t17-,18+,20?. The van der Waals surface area contributed by atoms with E-state index in [0.29, 0.717) is 24.3 Å². The molecule has 2 heterocycles. The Kier molecular flexibility index (Phi) is 6.04. The molecule has 2 fully saturated rings. The number of hydrogen-bond donors (Lipinski definition) is 0. The first-order valence-corrected chi connectivity index (χ1v) is 10.8. The molecule has 2 aromatic carbocycles. The number of benzene rings is 2. The van der Waals surface area contributed by atoms with Gasteiger partial charge in [0.25, 0.3) is 0 Å². The van der Waals surface area contributed by atoms with Crippen LogP contribution in [-0.4, -0.2) is 24.8 Å². The van der Waals surface area contributed by atoms with Gasteiger partial charge in [0.05, 0.1) is 12.2 Å². The topological polar surface area (TPSA) is 21.7 Å². The Balaban J connectivity index is 1.51. The normalized spacial score (nSPS) is 23.2. The van der Waals surface area contributed by atoms with Gasteiger partial charge in [0.1, 0.15) is 11.9 Å². The second-order valence-corrected chi connectivity index (χ2v) is 8.44. The lowest BCUT2D eigenvalue weighted by Gasteiger charge is -2.40. The maximum atomic E-state index is 14.1. The SMILES string of the molecule is CCCOc1cc(C(F)(F)F)ccc1OC1C[C@H]2CC[C@@H](C1)N2c1ccc(C)c(F)c1. The second-order valence-electron chi connectivity index (χ2n) is 8.44. The van der Waals surface area contributed by atoms with Gasteiger partial charge in [0.2, 0.25) is 0 Å². The Labute approximate surface area is 180 Å². The molecule has 1 unspecified atom stereocenters. The summed E-state index contributed by atoms with van der Waals surface area (Å²) in [7, 11) is 0. The highest BCUT2D eigenvalue weighted by Gasteiger charge is 2.42. The van der Waals surface area contributed by atoms with Crippen LogP contribution in [0, 0.1) is 12.7 Å². The van der Waals surface area contributed by atoms with E-state index in [9.17, 15) is 17.6 Å². The molecule has 2 bridgehead atoms. The van der Waals surface area contributed by atoms with Crippen molar-refractivity contribution in [2.45, 2.75) is 70.3 Å². The zero-order chi connectivity index (χ0) is 22.2. The van der Waals surface area contributed by atoms with Gasteiger partial charge >= 0.3 is 6.18 Å². The van der Waals surface area contributed by atoms with Crippen molar-refractivity contribution in [3.05, 3.63) is 53.3 Å². The van der Waals surface area contributed by atoms with E-state index >= 15 is 0 Å². The lowest BCUT2D eigenvalue weighted by Crippen LogP contribution is -2.46. The van der Waals surface area contributed by atoms with Gasteiger partial charge in [-0.25, -0.2) is 4.39 Å². The number of hydrogen-bond acceptors (Lipinski definition) is 3. The fourth-order valence-electron chi connectivity index (χ4n) is 4.67. The van der Waals surface area contributed by atoms with Crippen LogP contribution in [0.5, 0.6) is 11.5 Å². The van der Waals surface area contributed by atoms with Gasteiger partial charge in [-0.3, -0.25) is 0 Å². The highest BCUT2D eigenvalue weighted by molar-refractivity contribution is 5.52. The summed E-state index contributed by atoms with van der Waals surface area (Å²) in [5.74, 6) is 0.269. The Hall–Kier alpha value is -2.44. The molecular formula is C24H27F4NO2. The molecule has 2 aliphatic rings. The van der Waals surface area contributed by atoms with Crippen LogP contribution in [0.15, 0.2) is 36.4 Å². The summed E-state index contributed by atoms with van der Waals surface area (Å²) in [4.78, 5) is 2.28. The van der Waals surface area contributed by atoms with Crippen molar-refractivity contribution in [3.63, 3.8) is 0 Å². The van der Waals surface area contributed by atoms with Gasteiger partial charge in [-0.15, -0.1) is 0 Å². The van der Waals surface area contributed by atoms with E-state index in [-0.39, 0.29) is 29.8 Å². The van der Waals surface area contributed by atoms with E-state index in [0.717, 1.165) is 43.5 Å². The Bertz CT molecular complexity index is 916. The molecule has 0 aromatic heterocycles. The molecule has 0 N–H and O–H groups in total. The van der Waals surface area contributed by atoms with Crippen LogP contribution in [-0.2, 0) is 6.18 Å². The fourth-order valence-corrected chi connectivity index (χ4v) is 4.67. The van der Waals surface area contributed by atoms with E-state index in [1.165, 1.54) is 6.07 Å². The summed E-state index contributed by atoms with van der Waals surface area (Å²) in [6, 6.07) is 9.20. The number of fused-ring (bicyclic) bond motifs is 2. The number of halogens is 4. The minimum Gasteiger partial charge on any atom is -0.490 e. The third-order valence-corrected chi connectivity index (χ3v) is 6.17. The third-order valence-electron chi connectivity index (χ3n) is 6.17. The zero-order valence-corrected chi connectivity index (χ0v) is 17.7. The molecule has 3 nitrogen and oxygen atoms in total. The molecule has 0 aliphatic carbocycles. The van der Waals surface area contributed by atoms with E-state index in [2.05, 4.69) is 4.90 Å². The summed E-state index contributed by atoms with van der Waals surface area (Å²) in [5.41, 5.74) is 0.758. The Morgan fingerprint density at radius 2 is 1.71 bits per heavy atom. The maximum absolute atomic E-state index is 14.1. The van der Waals surface area contributed by atoms with Gasteiger partial charge < -0.3 is 14.4 Å². The van der Waals surface area contributed by atoms with Crippen LogP contribution in [0.2, 0.25) is 0 Å². The first kappa shape index (κ1) is 21.8. The summed E-state index contributed by atoms with van der Waals surface area (Å²) in [6.45, 7) is 3.96. The third kappa shape index (κ3) is 4.60. The molecule has 0 spiro atoms. The molecule has 0 saturated carbocycles. The van der Waals surface area contributed by atoms with E-state index in [4.69, 9.17) is 9.47 Å². The lowest BCUT2D eigenvalue weighted by molar-refractivity contribution is -0.137. The summed E-state index contributed by atoms with van der Waals surface area (Å²) < 4.78 is 65.2. The van der Waals surface area contributed by atoms with Crippen LogP contribution in [0.4, 0.5) is 23.2 Å². The largest absolute Gasteiger partial charge is 0.490 e. The van der Waals surface area contributed by atoms with Gasteiger partial charge in [-0.05, 0) is 62.1 Å². The highest BCUT2D eigenvalue weighted by Crippen LogP contribution is 2.43. The van der Waals surface area contributed by atoms with Gasteiger partial charge in [0.15, 0.2) is 11.5 Å². The van der Waals surface area contributed by atoms with Crippen molar-refractivity contribution in [2.24, 2.45) is 0 Å². The van der Waals surface area contributed by atoms with E-state index in [1.807, 2.05) is 13.0 Å². The molecule has 3 atom stereocenters. The first-order valence-electron chi connectivity index (χ1n) is 10.8. The van der Waals surface area contributed by atoms with Crippen LogP contribution >= 0.6 is 0 Å². The van der Waals surface area contributed by atoms with Crippen molar-refractivity contribution in [2.75, 3.05) is 11.5 Å². The van der Waals surface area contributed by atoms with Crippen molar-refractivity contribution in [1.29, 1.82) is 0 Å². The number of nitrogens with zero attached hydrogens (tertiary/aromatic N) is 1. The minimum absolute atomic E-state index is 0.121. The molecular weight excluding hydrogens is 410 g/mol. The average Bonchev–Trinajstić information content (AvgIpc) is 2.99. The number of rotatable bonds is 6. The second kappa shape index (κ2) is 8.60. The maximum Gasteiger partial charge on any atom is 0.416 e. The van der Waals surface area contributed by atoms with Crippen LogP contribution in [0.3, 0.4) is 0 Å². The lowest BCUT2D eigenvalue weighted by atomic mass is 9.98. The van der Waals surface area contributed by atoms with Crippen LogP contribution in [0.25, 0.3) is 0 Å². The number of alkyl halides is 3. The van der Waals surface area contributed by atoms with Gasteiger partial charge in [-0.2, -0.15) is 13.2 Å². The van der Waals surface area contributed by atoms with E-state index in [1.54, 1.807) is 19.1 Å². The first-order chi connectivity index (χ1) is 14.8. The van der Waals surface area contributed by atoms with Gasteiger partial charge in [-0.1, -0.05) is 13.0 Å². The molecule has 2 aromatic rings. The average molecular weight is 437 g/mol. The van der Waals surface area contributed by atoms with Crippen molar-refractivity contribution in [1.82, 2.24) is 0 Å². The number of aryl methyl sites for hydroxylation is 1. The Morgan fingerprint density at radius 3 is 2.32 bits per heavy atom. The molecule has 168 valence electrons. The van der Waals surface area contributed by atoms with Crippen molar-refractivity contribution in [3.8, 4) is 11.5 Å². The number of ether oxygens (including phenoxy) is 2. The molecule has 2 aliphatic heterocycles. The predicted octanol–water partition coefficient (Wildman–Crippen LogP) is 6.52. The Morgan fingerprint density at radius 1 is 1.00 bits per heavy atom. The molecule has 31 heavy (non-hydrogen) atoms. The summed E-state index contributed by atoms with van der Waals surface area (Å²) >= 11 is 0. The number of anilines is 1. The fraction of sp³-hybridized carbons (Fsp3) is 0.500. The molecule has 0 amide bonds. The highest BCUT2D eigenvalue weighted by atomic mass is 19.4. The predicted molar refractivity (Wildman–Crippen MR) is 111 cm³/mol. The van der Waals surface area contributed by atoms with Crippen molar-refractivity contribution >= 4 is 5.69 Å². The smallest absolute Gasteiger partial charge is 0.416 e. The van der Waals surface area contributed by atoms with Crippen LogP contribution < -0.4 is 14.4 Å². The van der Waals surface area contributed by atoms with Gasteiger partial charge in [0, 0.05) is 30.6 Å². The summed E-state index contributed by atoms with van der Waals surface area (Å²) in [6.07, 6.45) is -0.411. The van der Waals surface area contributed by atoms with E-state index < -0.39 is 11.7 Å². The quantitative estimate of drug-likeness (QED) is 0.480. The molecule has 2 saturated heterocycles. The molecule has 0 radical (unpaired) electrons. The van der Waals surface area contributed by atoms with Crippen molar-refractivity contribution < 1.29 is 27.0 Å². The number of piperidine rings is 1. The molecule has 4 rings (SSSR count). The van der Waals surface area contributed by atoms with Crippen LogP contribution in [0.1, 0.15) is 50.2 Å². The monoisotopic (exact) mass is 437 g/mol. The molecule has 7 heteroatoms. The minimum atomic E-state index is -4.43.